The van der Waals surface area contributed by atoms with Gasteiger partial charge in [-0.15, -0.1) is 0 Å². The Bertz CT molecular complexity index is 727. The SMILES string of the molecule is COc1ccc(N2C(=O)C(=O)N(CC(=O)NC[C@H]3CCCO3)C2=O)cc1. The monoisotopic (exact) mass is 361 g/mol. The van der Waals surface area contributed by atoms with Crippen LogP contribution in [0.25, 0.3) is 0 Å². The number of nitrogens with one attached hydrogen (secondary N) is 1. The highest BCUT2D eigenvalue weighted by atomic mass is 16.5. The summed E-state index contributed by atoms with van der Waals surface area (Å²) in [5, 5.41) is 2.62. The van der Waals surface area contributed by atoms with Crippen molar-refractivity contribution >= 4 is 29.4 Å². The fourth-order valence-electron chi connectivity index (χ4n) is 2.84. The van der Waals surface area contributed by atoms with Crippen LogP contribution in [0, 0.1) is 0 Å². The highest BCUT2D eigenvalue weighted by Gasteiger charge is 2.46. The third kappa shape index (κ3) is 3.52. The fraction of sp³-hybridized carbons (Fsp3) is 0.412. The number of hydrogen-bond acceptors (Lipinski definition) is 6. The van der Waals surface area contributed by atoms with Gasteiger partial charge in [-0.05, 0) is 37.1 Å². The Kier molecular flexibility index (Phi) is 5.17. The molecule has 0 unspecified atom stereocenters. The van der Waals surface area contributed by atoms with Crippen LogP contribution in [0.3, 0.4) is 0 Å². The number of anilines is 1. The second kappa shape index (κ2) is 7.52. The number of methoxy groups -OCH3 is 1. The van der Waals surface area contributed by atoms with E-state index in [1.165, 1.54) is 19.2 Å². The van der Waals surface area contributed by atoms with E-state index in [0.29, 0.717) is 23.8 Å². The predicted molar refractivity (Wildman–Crippen MR) is 89.6 cm³/mol. The Hall–Kier alpha value is -2.94. The van der Waals surface area contributed by atoms with Gasteiger partial charge < -0.3 is 14.8 Å². The van der Waals surface area contributed by atoms with E-state index in [9.17, 15) is 19.2 Å². The summed E-state index contributed by atoms with van der Waals surface area (Å²) in [7, 11) is 1.49. The maximum atomic E-state index is 12.5. The van der Waals surface area contributed by atoms with Crippen molar-refractivity contribution in [2.75, 3.05) is 31.7 Å². The molecule has 3 rings (SSSR count). The predicted octanol–water partition coefficient (Wildman–Crippen LogP) is 0.286. The lowest BCUT2D eigenvalue weighted by Gasteiger charge is -2.16. The summed E-state index contributed by atoms with van der Waals surface area (Å²) in [6.45, 7) is 0.461. The van der Waals surface area contributed by atoms with Crippen LogP contribution in [0.2, 0.25) is 0 Å². The summed E-state index contributed by atoms with van der Waals surface area (Å²) in [5.74, 6) is -2.00. The number of carbonyl (C=O) groups excluding carboxylic acids is 4. The van der Waals surface area contributed by atoms with Crippen LogP contribution >= 0.6 is 0 Å². The quantitative estimate of drug-likeness (QED) is 0.577. The van der Waals surface area contributed by atoms with E-state index in [1.54, 1.807) is 12.1 Å². The number of carbonyl (C=O) groups is 4. The number of urea groups is 1. The molecule has 1 N–H and O–H groups in total. The Balaban J connectivity index is 1.64. The number of amides is 5. The molecule has 9 heteroatoms. The van der Waals surface area contributed by atoms with Gasteiger partial charge in [-0.25, -0.2) is 14.6 Å². The van der Waals surface area contributed by atoms with Crippen LogP contribution in [-0.4, -0.2) is 61.6 Å². The summed E-state index contributed by atoms with van der Waals surface area (Å²) in [4.78, 5) is 50.1. The molecule has 0 spiro atoms. The van der Waals surface area contributed by atoms with Crippen LogP contribution in [0.5, 0.6) is 5.75 Å². The molecule has 2 saturated heterocycles. The Morgan fingerprint density at radius 2 is 1.96 bits per heavy atom. The molecule has 0 radical (unpaired) electrons. The van der Waals surface area contributed by atoms with Gasteiger partial charge in [-0.3, -0.25) is 14.4 Å². The number of benzene rings is 1. The maximum absolute atomic E-state index is 12.5. The van der Waals surface area contributed by atoms with Crippen molar-refractivity contribution in [3.05, 3.63) is 24.3 Å². The van der Waals surface area contributed by atoms with Crippen LogP contribution < -0.4 is 15.0 Å². The zero-order chi connectivity index (χ0) is 18.7. The van der Waals surface area contributed by atoms with Crippen molar-refractivity contribution in [2.45, 2.75) is 18.9 Å². The van der Waals surface area contributed by atoms with E-state index >= 15 is 0 Å². The average molecular weight is 361 g/mol. The second-order valence-electron chi connectivity index (χ2n) is 5.95. The second-order valence-corrected chi connectivity index (χ2v) is 5.95. The maximum Gasteiger partial charge on any atom is 0.339 e. The van der Waals surface area contributed by atoms with Crippen molar-refractivity contribution in [1.82, 2.24) is 10.2 Å². The standard InChI is InChI=1S/C17H19N3O6/c1-25-12-6-4-11(5-7-12)20-16(23)15(22)19(17(20)24)10-14(21)18-9-13-3-2-8-26-13/h4-7,13H,2-3,8-10H2,1H3,(H,18,21)/t13-/m1/s1. The molecule has 1 aromatic rings. The third-order valence-corrected chi connectivity index (χ3v) is 4.24. The van der Waals surface area contributed by atoms with Crippen LogP contribution in [0.4, 0.5) is 10.5 Å². The molecule has 0 aliphatic carbocycles. The molecule has 1 atom stereocenters. The molecule has 138 valence electrons. The first-order valence-corrected chi connectivity index (χ1v) is 8.23. The largest absolute Gasteiger partial charge is 0.497 e. The minimum Gasteiger partial charge on any atom is -0.497 e. The molecular formula is C17H19N3O6. The van der Waals surface area contributed by atoms with E-state index in [2.05, 4.69) is 5.32 Å². The van der Waals surface area contributed by atoms with Gasteiger partial charge in [-0.2, -0.15) is 0 Å². The lowest BCUT2D eigenvalue weighted by Crippen LogP contribution is -2.43. The molecule has 5 amide bonds. The van der Waals surface area contributed by atoms with Gasteiger partial charge >= 0.3 is 17.8 Å². The van der Waals surface area contributed by atoms with E-state index in [1.807, 2.05) is 0 Å². The molecule has 2 fully saturated rings. The minimum atomic E-state index is -1.03. The van der Waals surface area contributed by atoms with Gasteiger partial charge in [0.1, 0.15) is 12.3 Å². The van der Waals surface area contributed by atoms with Crippen LogP contribution in [-0.2, 0) is 19.1 Å². The first-order chi connectivity index (χ1) is 12.5. The van der Waals surface area contributed by atoms with Crippen LogP contribution in [0.15, 0.2) is 24.3 Å². The van der Waals surface area contributed by atoms with Crippen molar-refractivity contribution in [2.24, 2.45) is 0 Å². The summed E-state index contributed by atoms with van der Waals surface area (Å²) in [6.07, 6.45) is 1.74. The molecule has 0 bridgehead atoms. The fourth-order valence-corrected chi connectivity index (χ4v) is 2.84. The summed E-state index contributed by atoms with van der Waals surface area (Å²) >= 11 is 0. The van der Waals surface area contributed by atoms with Gasteiger partial charge in [-0.1, -0.05) is 0 Å². The average Bonchev–Trinajstić information content (AvgIpc) is 3.24. The van der Waals surface area contributed by atoms with E-state index in [4.69, 9.17) is 9.47 Å². The summed E-state index contributed by atoms with van der Waals surface area (Å²) < 4.78 is 10.4. The van der Waals surface area contributed by atoms with Crippen LogP contribution in [0.1, 0.15) is 12.8 Å². The summed E-state index contributed by atoms with van der Waals surface area (Å²) in [5.41, 5.74) is 0.233. The molecule has 0 saturated carbocycles. The molecule has 26 heavy (non-hydrogen) atoms. The first-order valence-electron chi connectivity index (χ1n) is 8.23. The first kappa shape index (κ1) is 17.9. The number of nitrogens with zero attached hydrogens (tertiary/aromatic N) is 2. The topological polar surface area (TPSA) is 105 Å². The summed E-state index contributed by atoms with van der Waals surface area (Å²) in [6, 6.07) is 5.26. The van der Waals surface area contributed by atoms with Gasteiger partial charge in [0.15, 0.2) is 0 Å². The van der Waals surface area contributed by atoms with Gasteiger partial charge in [0.25, 0.3) is 0 Å². The molecule has 9 nitrogen and oxygen atoms in total. The highest BCUT2D eigenvalue weighted by Crippen LogP contribution is 2.24. The highest BCUT2D eigenvalue weighted by molar-refractivity contribution is 6.53. The van der Waals surface area contributed by atoms with Crippen molar-refractivity contribution in [3.63, 3.8) is 0 Å². The number of rotatable bonds is 6. The minimum absolute atomic E-state index is 0.0543. The Labute approximate surface area is 149 Å². The molecule has 1 aromatic carbocycles. The van der Waals surface area contributed by atoms with E-state index in [0.717, 1.165) is 17.7 Å². The molecule has 2 heterocycles. The molecule has 2 aliphatic heterocycles. The molecule has 2 aliphatic rings. The van der Waals surface area contributed by atoms with Gasteiger partial charge in [0.2, 0.25) is 5.91 Å². The van der Waals surface area contributed by atoms with Crippen molar-refractivity contribution in [3.8, 4) is 5.75 Å². The number of hydrogen-bond donors (Lipinski definition) is 1. The number of imide groups is 2. The number of ether oxygens (including phenoxy) is 2. The Morgan fingerprint density at radius 3 is 2.58 bits per heavy atom. The smallest absolute Gasteiger partial charge is 0.339 e. The zero-order valence-corrected chi connectivity index (χ0v) is 14.3. The Morgan fingerprint density at radius 1 is 1.23 bits per heavy atom. The lowest BCUT2D eigenvalue weighted by atomic mass is 10.2. The lowest BCUT2D eigenvalue weighted by molar-refractivity contribution is -0.140. The van der Waals surface area contributed by atoms with Gasteiger partial charge in [0.05, 0.1) is 18.9 Å². The van der Waals surface area contributed by atoms with E-state index < -0.39 is 30.3 Å². The van der Waals surface area contributed by atoms with Crippen molar-refractivity contribution in [1.29, 1.82) is 0 Å². The van der Waals surface area contributed by atoms with Gasteiger partial charge in [0, 0.05) is 13.2 Å². The normalized spacial score (nSPS) is 20.0. The van der Waals surface area contributed by atoms with Crippen molar-refractivity contribution < 1.29 is 28.7 Å². The molecule has 0 aromatic heterocycles. The third-order valence-electron chi connectivity index (χ3n) is 4.24. The zero-order valence-electron chi connectivity index (χ0n) is 14.3. The van der Waals surface area contributed by atoms with E-state index in [-0.39, 0.29) is 11.8 Å². The molecular weight excluding hydrogens is 342 g/mol.